The lowest BCUT2D eigenvalue weighted by Gasteiger charge is -2.31. The molecule has 6 heteroatoms. The number of ether oxygens (including phenoxy) is 2. The number of piperidine rings is 1. The first kappa shape index (κ1) is 18.6. The molecule has 0 aromatic heterocycles. The normalized spacial score (nSPS) is 15.1. The van der Waals surface area contributed by atoms with Crippen LogP contribution in [0, 0.1) is 0 Å². The first-order valence-electron chi connectivity index (χ1n) is 7.53. The molecule has 1 fully saturated rings. The number of rotatable bonds is 6. The molecule has 1 N–H and O–H groups in total. The molecule has 0 atom stereocenters. The summed E-state index contributed by atoms with van der Waals surface area (Å²) in [6.45, 7) is 4.29. The Morgan fingerprint density at radius 3 is 2.23 bits per heavy atom. The van der Waals surface area contributed by atoms with E-state index >= 15 is 0 Å². The van der Waals surface area contributed by atoms with E-state index in [1.54, 1.807) is 0 Å². The second-order valence-corrected chi connectivity index (χ2v) is 5.14. The molecule has 22 heavy (non-hydrogen) atoms. The van der Waals surface area contributed by atoms with Gasteiger partial charge in [0.15, 0.2) is 6.61 Å². The van der Waals surface area contributed by atoms with Crippen LogP contribution in [0.5, 0.6) is 11.5 Å². The first-order valence-corrected chi connectivity index (χ1v) is 7.53. The number of hydrogen-bond acceptors (Lipinski definition) is 4. The summed E-state index contributed by atoms with van der Waals surface area (Å²) in [7, 11) is 1.97. The Labute approximate surface area is 138 Å². The van der Waals surface area contributed by atoms with Crippen molar-refractivity contribution in [3.05, 3.63) is 24.3 Å². The summed E-state index contributed by atoms with van der Waals surface area (Å²) >= 11 is 0. The zero-order chi connectivity index (χ0) is 15.1. The maximum atomic E-state index is 12.1. The number of nitrogens with one attached hydrogen (secondary N) is 1. The zero-order valence-electron chi connectivity index (χ0n) is 13.2. The van der Waals surface area contributed by atoms with Crippen molar-refractivity contribution in [3.63, 3.8) is 0 Å². The summed E-state index contributed by atoms with van der Waals surface area (Å²) in [5.41, 5.74) is 0. The predicted molar refractivity (Wildman–Crippen MR) is 89.0 cm³/mol. The summed E-state index contributed by atoms with van der Waals surface area (Å²) in [4.78, 5) is 14.0. The quantitative estimate of drug-likeness (QED) is 0.869. The molecule has 2 rings (SSSR count). The highest BCUT2D eigenvalue weighted by molar-refractivity contribution is 5.85. The van der Waals surface area contributed by atoms with Gasteiger partial charge in [0.1, 0.15) is 11.5 Å². The van der Waals surface area contributed by atoms with E-state index in [0.717, 1.165) is 31.7 Å². The van der Waals surface area contributed by atoms with Crippen molar-refractivity contribution in [2.75, 3.05) is 33.4 Å². The SMILES string of the molecule is CCOc1ccc(OCC(=O)N2CCC(NC)CC2)cc1.Cl. The van der Waals surface area contributed by atoms with Crippen LogP contribution < -0.4 is 14.8 Å². The average Bonchev–Trinajstić information content (AvgIpc) is 2.54. The van der Waals surface area contributed by atoms with Crippen LogP contribution in [-0.2, 0) is 4.79 Å². The second-order valence-electron chi connectivity index (χ2n) is 5.14. The number of hydrogen-bond donors (Lipinski definition) is 1. The zero-order valence-corrected chi connectivity index (χ0v) is 14.0. The van der Waals surface area contributed by atoms with Gasteiger partial charge >= 0.3 is 0 Å². The Morgan fingerprint density at radius 2 is 1.73 bits per heavy atom. The summed E-state index contributed by atoms with van der Waals surface area (Å²) < 4.78 is 10.9. The molecule has 0 unspecified atom stereocenters. The van der Waals surface area contributed by atoms with Crippen LogP contribution in [0.25, 0.3) is 0 Å². The van der Waals surface area contributed by atoms with Gasteiger partial charge in [-0.2, -0.15) is 0 Å². The van der Waals surface area contributed by atoms with Crippen LogP contribution in [-0.4, -0.2) is 50.2 Å². The lowest BCUT2D eigenvalue weighted by Crippen LogP contribution is -2.45. The number of benzene rings is 1. The minimum absolute atomic E-state index is 0. The molecule has 124 valence electrons. The number of carbonyl (C=O) groups is 1. The van der Waals surface area contributed by atoms with Gasteiger partial charge in [-0.25, -0.2) is 0 Å². The van der Waals surface area contributed by atoms with Gasteiger partial charge in [0.05, 0.1) is 6.61 Å². The number of halogens is 1. The Morgan fingerprint density at radius 1 is 1.18 bits per heavy atom. The van der Waals surface area contributed by atoms with E-state index < -0.39 is 0 Å². The molecule has 1 amide bonds. The molecule has 0 bridgehead atoms. The first-order chi connectivity index (χ1) is 10.2. The fraction of sp³-hybridized carbons (Fsp3) is 0.562. The fourth-order valence-corrected chi connectivity index (χ4v) is 2.45. The standard InChI is InChI=1S/C16H24N2O3.ClH/c1-3-20-14-4-6-15(7-5-14)21-12-16(19)18-10-8-13(17-2)9-11-18;/h4-7,13,17H,3,8-12H2,1-2H3;1H. The van der Waals surface area contributed by atoms with Gasteiger partial charge in [0.25, 0.3) is 5.91 Å². The molecule has 1 aliphatic heterocycles. The molecule has 0 saturated carbocycles. The Balaban J connectivity index is 0.00000242. The molecule has 0 spiro atoms. The molecule has 1 aromatic carbocycles. The van der Waals surface area contributed by atoms with E-state index in [4.69, 9.17) is 9.47 Å². The third-order valence-electron chi connectivity index (χ3n) is 3.75. The lowest BCUT2D eigenvalue weighted by molar-refractivity contribution is -0.134. The highest BCUT2D eigenvalue weighted by Gasteiger charge is 2.21. The van der Waals surface area contributed by atoms with Crippen LogP contribution in [0.3, 0.4) is 0 Å². The van der Waals surface area contributed by atoms with Gasteiger partial charge in [-0.1, -0.05) is 0 Å². The van der Waals surface area contributed by atoms with Crippen LogP contribution in [0.4, 0.5) is 0 Å². The van der Waals surface area contributed by atoms with Gasteiger partial charge in [-0.3, -0.25) is 4.79 Å². The van der Waals surface area contributed by atoms with Gasteiger partial charge in [0.2, 0.25) is 0 Å². The van der Waals surface area contributed by atoms with Crippen molar-refractivity contribution >= 4 is 18.3 Å². The van der Waals surface area contributed by atoms with Crippen molar-refractivity contribution in [1.29, 1.82) is 0 Å². The minimum atomic E-state index is 0. The molecule has 5 nitrogen and oxygen atoms in total. The summed E-state index contributed by atoms with van der Waals surface area (Å²) in [6, 6.07) is 7.88. The van der Waals surface area contributed by atoms with E-state index in [2.05, 4.69) is 5.32 Å². The Hall–Kier alpha value is -1.46. The lowest BCUT2D eigenvalue weighted by atomic mass is 10.1. The summed E-state index contributed by atoms with van der Waals surface area (Å²) in [5, 5.41) is 3.26. The molecule has 0 aliphatic carbocycles. The van der Waals surface area contributed by atoms with Gasteiger partial charge in [0, 0.05) is 19.1 Å². The summed E-state index contributed by atoms with van der Waals surface area (Å²) in [5.74, 6) is 1.56. The molecular formula is C16H25ClN2O3. The van der Waals surface area contributed by atoms with Crippen molar-refractivity contribution in [2.45, 2.75) is 25.8 Å². The van der Waals surface area contributed by atoms with Gasteiger partial charge < -0.3 is 19.7 Å². The predicted octanol–water partition coefficient (Wildman–Crippen LogP) is 2.10. The third-order valence-corrected chi connectivity index (χ3v) is 3.75. The minimum Gasteiger partial charge on any atom is -0.494 e. The van der Waals surface area contributed by atoms with Crippen LogP contribution >= 0.6 is 12.4 Å². The van der Waals surface area contributed by atoms with Crippen LogP contribution in [0.1, 0.15) is 19.8 Å². The van der Waals surface area contributed by atoms with E-state index in [1.807, 2.05) is 43.1 Å². The van der Waals surface area contributed by atoms with E-state index in [-0.39, 0.29) is 24.9 Å². The van der Waals surface area contributed by atoms with Gasteiger partial charge in [-0.15, -0.1) is 12.4 Å². The van der Waals surface area contributed by atoms with Gasteiger partial charge in [-0.05, 0) is 51.1 Å². The molecule has 1 aliphatic rings. The molecule has 1 heterocycles. The molecule has 1 saturated heterocycles. The smallest absolute Gasteiger partial charge is 0.260 e. The van der Waals surface area contributed by atoms with E-state index in [0.29, 0.717) is 18.4 Å². The van der Waals surface area contributed by atoms with Crippen molar-refractivity contribution in [1.82, 2.24) is 10.2 Å². The van der Waals surface area contributed by atoms with Crippen LogP contribution in [0.2, 0.25) is 0 Å². The highest BCUT2D eigenvalue weighted by Crippen LogP contribution is 2.18. The largest absolute Gasteiger partial charge is 0.494 e. The number of nitrogens with zero attached hydrogens (tertiary/aromatic N) is 1. The molecule has 1 aromatic rings. The van der Waals surface area contributed by atoms with E-state index in [9.17, 15) is 4.79 Å². The fourth-order valence-electron chi connectivity index (χ4n) is 2.45. The Kier molecular flexibility index (Phi) is 8.06. The monoisotopic (exact) mass is 328 g/mol. The third kappa shape index (κ3) is 5.39. The Bertz CT molecular complexity index is 445. The van der Waals surface area contributed by atoms with Crippen molar-refractivity contribution < 1.29 is 14.3 Å². The summed E-state index contributed by atoms with van der Waals surface area (Å²) in [6.07, 6.45) is 2.01. The number of carbonyl (C=O) groups excluding carboxylic acids is 1. The van der Waals surface area contributed by atoms with Crippen LogP contribution in [0.15, 0.2) is 24.3 Å². The average molecular weight is 329 g/mol. The van der Waals surface area contributed by atoms with E-state index in [1.165, 1.54) is 0 Å². The maximum Gasteiger partial charge on any atom is 0.260 e. The second kappa shape index (κ2) is 9.54. The topological polar surface area (TPSA) is 50.8 Å². The van der Waals surface area contributed by atoms with Crippen molar-refractivity contribution in [2.24, 2.45) is 0 Å². The molecule has 0 radical (unpaired) electrons. The number of likely N-dealkylation sites (tertiary alicyclic amines) is 1. The number of amides is 1. The molecular weight excluding hydrogens is 304 g/mol. The van der Waals surface area contributed by atoms with Crippen molar-refractivity contribution in [3.8, 4) is 11.5 Å². The highest BCUT2D eigenvalue weighted by atomic mass is 35.5. The maximum absolute atomic E-state index is 12.1.